The Bertz CT molecular complexity index is 487. The lowest BCUT2D eigenvalue weighted by molar-refractivity contribution is 0.107. The summed E-state index contributed by atoms with van der Waals surface area (Å²) in [5.74, 6) is 0.449. The van der Waals surface area contributed by atoms with Gasteiger partial charge in [0.25, 0.3) is 0 Å². The van der Waals surface area contributed by atoms with Gasteiger partial charge in [0.2, 0.25) is 0 Å². The van der Waals surface area contributed by atoms with Crippen LogP contribution in [0.4, 0.5) is 0 Å². The number of aromatic nitrogens is 1. The molecule has 0 unspecified atom stereocenters. The molecule has 1 aromatic carbocycles. The molecular weight excluding hydrogens is 277 g/mol. The Hall–Kier alpha value is -0.610. The van der Waals surface area contributed by atoms with Crippen molar-refractivity contribution >= 4 is 34.5 Å². The van der Waals surface area contributed by atoms with E-state index >= 15 is 0 Å². The molecule has 90 valence electrons. The summed E-state index contributed by atoms with van der Waals surface area (Å²) in [6, 6.07) is 7.64. The molecule has 0 atom stereocenters. The van der Waals surface area contributed by atoms with Crippen molar-refractivity contribution in [1.29, 1.82) is 0 Å². The van der Waals surface area contributed by atoms with E-state index in [1.807, 2.05) is 29.6 Å². The standard InChI is InChI=1S/C12H11Cl2NOS/c13-5-11-8-17-12(15-11)7-16-6-9-2-1-3-10(14)4-9/h1-4,8H,5-7H2. The number of rotatable bonds is 5. The fourth-order valence-corrected chi connectivity index (χ4v) is 2.53. The summed E-state index contributed by atoms with van der Waals surface area (Å²) in [5.41, 5.74) is 1.96. The summed E-state index contributed by atoms with van der Waals surface area (Å²) < 4.78 is 5.56. The van der Waals surface area contributed by atoms with Crippen LogP contribution in [0.2, 0.25) is 5.02 Å². The van der Waals surface area contributed by atoms with Crippen molar-refractivity contribution in [3.63, 3.8) is 0 Å². The number of benzene rings is 1. The molecule has 1 aromatic heterocycles. The first-order valence-electron chi connectivity index (χ1n) is 5.09. The Kier molecular flexibility index (Phi) is 4.80. The second kappa shape index (κ2) is 6.36. The van der Waals surface area contributed by atoms with E-state index in [1.165, 1.54) is 0 Å². The van der Waals surface area contributed by atoms with Gasteiger partial charge >= 0.3 is 0 Å². The molecule has 0 spiro atoms. The molecule has 5 heteroatoms. The average molecular weight is 288 g/mol. The molecule has 1 heterocycles. The molecule has 0 radical (unpaired) electrons. The van der Waals surface area contributed by atoms with Gasteiger partial charge in [-0.25, -0.2) is 4.98 Å². The molecule has 2 aromatic rings. The van der Waals surface area contributed by atoms with Crippen LogP contribution in [0.3, 0.4) is 0 Å². The molecule has 0 saturated carbocycles. The van der Waals surface area contributed by atoms with Crippen LogP contribution in [-0.2, 0) is 23.8 Å². The maximum absolute atomic E-state index is 5.88. The number of alkyl halides is 1. The Balaban J connectivity index is 1.83. The van der Waals surface area contributed by atoms with Gasteiger partial charge in [0, 0.05) is 10.4 Å². The minimum absolute atomic E-state index is 0.449. The van der Waals surface area contributed by atoms with Crippen molar-refractivity contribution in [3.05, 3.63) is 50.9 Å². The zero-order valence-corrected chi connectivity index (χ0v) is 11.4. The van der Waals surface area contributed by atoms with Gasteiger partial charge in [-0.2, -0.15) is 0 Å². The number of ether oxygens (including phenoxy) is 1. The quantitative estimate of drug-likeness (QED) is 0.767. The van der Waals surface area contributed by atoms with Gasteiger partial charge < -0.3 is 4.74 Å². The third-order valence-corrected chi connectivity index (χ3v) is 3.50. The molecular formula is C12H11Cl2NOS. The molecule has 0 aliphatic heterocycles. The van der Waals surface area contributed by atoms with E-state index in [2.05, 4.69) is 4.98 Å². The molecule has 0 aliphatic rings. The number of thiazole rings is 1. The van der Waals surface area contributed by atoms with Gasteiger partial charge in [-0.15, -0.1) is 22.9 Å². The smallest absolute Gasteiger partial charge is 0.119 e. The van der Waals surface area contributed by atoms with E-state index in [0.29, 0.717) is 19.1 Å². The monoisotopic (exact) mass is 287 g/mol. The minimum Gasteiger partial charge on any atom is -0.370 e. The van der Waals surface area contributed by atoms with E-state index in [0.717, 1.165) is 21.3 Å². The second-order valence-corrected chi connectivity index (χ2v) is 5.14. The lowest BCUT2D eigenvalue weighted by atomic mass is 10.2. The third-order valence-electron chi connectivity index (χ3n) is 2.12. The molecule has 0 bridgehead atoms. The first kappa shape index (κ1) is 12.8. The van der Waals surface area contributed by atoms with Crippen LogP contribution in [0.25, 0.3) is 0 Å². The number of nitrogens with zero attached hydrogens (tertiary/aromatic N) is 1. The summed E-state index contributed by atoms with van der Waals surface area (Å²) >= 11 is 13.1. The molecule has 0 N–H and O–H groups in total. The number of halogens is 2. The highest BCUT2D eigenvalue weighted by atomic mass is 35.5. The van der Waals surface area contributed by atoms with Crippen LogP contribution in [0, 0.1) is 0 Å². The van der Waals surface area contributed by atoms with E-state index in [1.54, 1.807) is 11.3 Å². The molecule has 0 saturated heterocycles. The highest BCUT2D eigenvalue weighted by molar-refractivity contribution is 7.09. The Morgan fingerprint density at radius 3 is 2.88 bits per heavy atom. The molecule has 0 aliphatic carbocycles. The first-order chi connectivity index (χ1) is 8.28. The summed E-state index contributed by atoms with van der Waals surface area (Å²) in [7, 11) is 0. The lowest BCUT2D eigenvalue weighted by Gasteiger charge is -2.02. The van der Waals surface area contributed by atoms with E-state index in [9.17, 15) is 0 Å². The van der Waals surface area contributed by atoms with E-state index in [4.69, 9.17) is 27.9 Å². The fraction of sp³-hybridized carbons (Fsp3) is 0.250. The Labute approximate surface area is 114 Å². The van der Waals surface area contributed by atoms with Gasteiger partial charge in [-0.05, 0) is 17.7 Å². The Morgan fingerprint density at radius 1 is 1.29 bits per heavy atom. The molecule has 2 nitrogen and oxygen atoms in total. The van der Waals surface area contributed by atoms with Crippen LogP contribution < -0.4 is 0 Å². The van der Waals surface area contributed by atoms with Crippen LogP contribution >= 0.6 is 34.5 Å². The zero-order chi connectivity index (χ0) is 12.1. The molecule has 17 heavy (non-hydrogen) atoms. The topological polar surface area (TPSA) is 22.1 Å². The SMILES string of the molecule is ClCc1csc(COCc2cccc(Cl)c2)n1. The second-order valence-electron chi connectivity index (χ2n) is 3.49. The van der Waals surface area contributed by atoms with Crippen LogP contribution in [0.1, 0.15) is 16.3 Å². The maximum Gasteiger partial charge on any atom is 0.119 e. The Morgan fingerprint density at radius 2 is 2.18 bits per heavy atom. The van der Waals surface area contributed by atoms with Crippen molar-refractivity contribution in [2.75, 3.05) is 0 Å². The van der Waals surface area contributed by atoms with E-state index < -0.39 is 0 Å². The molecule has 2 rings (SSSR count). The van der Waals surface area contributed by atoms with Gasteiger partial charge in [-0.3, -0.25) is 0 Å². The van der Waals surface area contributed by atoms with E-state index in [-0.39, 0.29) is 0 Å². The normalized spacial score (nSPS) is 10.7. The summed E-state index contributed by atoms with van der Waals surface area (Å²) in [6.07, 6.45) is 0. The summed E-state index contributed by atoms with van der Waals surface area (Å²) in [5, 5.41) is 3.62. The van der Waals surface area contributed by atoms with Crippen molar-refractivity contribution in [3.8, 4) is 0 Å². The van der Waals surface area contributed by atoms with Crippen molar-refractivity contribution < 1.29 is 4.74 Å². The maximum atomic E-state index is 5.88. The van der Waals surface area contributed by atoms with Gasteiger partial charge in [0.05, 0.1) is 24.8 Å². The third kappa shape index (κ3) is 3.96. The van der Waals surface area contributed by atoms with Crippen molar-refractivity contribution in [2.24, 2.45) is 0 Å². The van der Waals surface area contributed by atoms with Crippen molar-refractivity contribution in [2.45, 2.75) is 19.1 Å². The highest BCUT2D eigenvalue weighted by Gasteiger charge is 2.01. The minimum atomic E-state index is 0.449. The largest absolute Gasteiger partial charge is 0.370 e. The fourth-order valence-electron chi connectivity index (χ4n) is 1.36. The van der Waals surface area contributed by atoms with Crippen molar-refractivity contribution in [1.82, 2.24) is 4.98 Å². The molecule has 0 amide bonds. The highest BCUT2D eigenvalue weighted by Crippen LogP contribution is 2.15. The van der Waals surface area contributed by atoms with Crippen LogP contribution in [-0.4, -0.2) is 4.98 Å². The summed E-state index contributed by atoms with van der Waals surface area (Å²) in [4.78, 5) is 4.31. The lowest BCUT2D eigenvalue weighted by Crippen LogP contribution is -1.94. The van der Waals surface area contributed by atoms with Gasteiger partial charge in [0.1, 0.15) is 5.01 Å². The number of hydrogen-bond donors (Lipinski definition) is 0. The predicted octanol–water partition coefficient (Wildman–Crippen LogP) is 4.25. The zero-order valence-electron chi connectivity index (χ0n) is 9.03. The average Bonchev–Trinajstić information content (AvgIpc) is 2.77. The van der Waals surface area contributed by atoms with Crippen LogP contribution in [0.5, 0.6) is 0 Å². The predicted molar refractivity (Wildman–Crippen MR) is 71.6 cm³/mol. The van der Waals surface area contributed by atoms with Crippen LogP contribution in [0.15, 0.2) is 29.6 Å². The van der Waals surface area contributed by atoms with Gasteiger partial charge in [0.15, 0.2) is 0 Å². The molecule has 0 fully saturated rings. The summed E-state index contributed by atoms with van der Waals surface area (Å²) in [6.45, 7) is 1.05. The van der Waals surface area contributed by atoms with Gasteiger partial charge in [-0.1, -0.05) is 23.7 Å². The first-order valence-corrected chi connectivity index (χ1v) is 6.88. The number of hydrogen-bond acceptors (Lipinski definition) is 3.